The quantitative estimate of drug-likeness (QED) is 0.576. The molecule has 2 aromatic carbocycles. The van der Waals surface area contributed by atoms with Crippen molar-refractivity contribution in [3.8, 4) is 5.75 Å². The molecule has 9 heteroatoms. The summed E-state index contributed by atoms with van der Waals surface area (Å²) in [5.74, 6) is -1.85. The van der Waals surface area contributed by atoms with Crippen molar-refractivity contribution in [2.24, 2.45) is 5.92 Å². The fourth-order valence-electron chi connectivity index (χ4n) is 4.24. The number of hydrogen-bond donors (Lipinski definition) is 3. The van der Waals surface area contributed by atoms with Crippen LogP contribution in [0.15, 0.2) is 65.9 Å². The first-order chi connectivity index (χ1) is 15.7. The van der Waals surface area contributed by atoms with Gasteiger partial charge in [-0.25, -0.2) is 4.39 Å². The lowest BCUT2D eigenvalue weighted by Crippen LogP contribution is -2.52. The third-order valence-corrected chi connectivity index (χ3v) is 5.72. The van der Waals surface area contributed by atoms with Gasteiger partial charge in [-0.05, 0) is 42.5 Å². The van der Waals surface area contributed by atoms with Crippen molar-refractivity contribution in [3.63, 3.8) is 0 Å². The van der Waals surface area contributed by atoms with Gasteiger partial charge < -0.3 is 20.5 Å². The van der Waals surface area contributed by atoms with Crippen LogP contribution in [0.2, 0.25) is 0 Å². The Hall–Kier alpha value is -3.33. The molecular formula is C24H22F4N2O3. The van der Waals surface area contributed by atoms with Crippen molar-refractivity contribution < 1.29 is 32.2 Å². The fraction of sp³-hybridized carbons (Fsp3) is 0.292. The summed E-state index contributed by atoms with van der Waals surface area (Å²) in [5, 5.41) is 15.4. The highest BCUT2D eigenvalue weighted by Gasteiger charge is 2.32. The summed E-state index contributed by atoms with van der Waals surface area (Å²) in [5.41, 5.74) is 3.03. The van der Waals surface area contributed by atoms with Crippen molar-refractivity contribution in [3.05, 3.63) is 82.8 Å². The molecule has 2 atom stereocenters. The average Bonchev–Trinajstić information content (AvgIpc) is 2.75. The number of aliphatic hydroxyl groups is 1. The Bertz CT molecular complexity index is 1100. The summed E-state index contributed by atoms with van der Waals surface area (Å²) in [7, 11) is 0. The van der Waals surface area contributed by atoms with Crippen molar-refractivity contribution in [1.29, 1.82) is 0 Å². The molecule has 1 aliphatic carbocycles. The molecule has 0 fully saturated rings. The molecule has 2 unspecified atom stereocenters. The van der Waals surface area contributed by atoms with Crippen LogP contribution in [0.3, 0.4) is 0 Å². The van der Waals surface area contributed by atoms with Gasteiger partial charge in [0, 0.05) is 35.2 Å². The Morgan fingerprint density at radius 3 is 2.48 bits per heavy atom. The van der Waals surface area contributed by atoms with Crippen LogP contribution >= 0.6 is 0 Å². The maximum atomic E-state index is 14.5. The molecule has 33 heavy (non-hydrogen) atoms. The Labute approximate surface area is 187 Å². The van der Waals surface area contributed by atoms with Crippen LogP contribution in [0.4, 0.5) is 17.6 Å². The number of halogens is 4. The summed E-state index contributed by atoms with van der Waals surface area (Å²) in [4.78, 5) is 12.6. The molecule has 1 heterocycles. The number of allylic oxidation sites excluding steroid dienone is 3. The third-order valence-electron chi connectivity index (χ3n) is 5.72. The van der Waals surface area contributed by atoms with Gasteiger partial charge in [-0.1, -0.05) is 36.4 Å². The van der Waals surface area contributed by atoms with E-state index in [-0.39, 0.29) is 17.4 Å². The van der Waals surface area contributed by atoms with Crippen LogP contribution in [-0.2, 0) is 11.2 Å². The number of carbonyl (C=O) groups is 1. The van der Waals surface area contributed by atoms with E-state index in [1.807, 2.05) is 36.4 Å². The summed E-state index contributed by atoms with van der Waals surface area (Å²) in [6.45, 7) is 0. The summed E-state index contributed by atoms with van der Waals surface area (Å²) >= 11 is 0. The number of hydrogen-bond acceptors (Lipinski definition) is 4. The number of carbonyl (C=O) groups excluding carboxylic acids is 1. The summed E-state index contributed by atoms with van der Waals surface area (Å²) in [6, 6.07) is 12.6. The molecule has 4 rings (SSSR count). The Kier molecular flexibility index (Phi) is 6.42. The zero-order valence-corrected chi connectivity index (χ0v) is 17.5. The number of aliphatic hydroxyl groups excluding tert-OH is 1. The van der Waals surface area contributed by atoms with E-state index >= 15 is 0 Å². The topological polar surface area (TPSA) is 70.6 Å². The summed E-state index contributed by atoms with van der Waals surface area (Å²) < 4.78 is 55.3. The first-order valence-corrected chi connectivity index (χ1v) is 10.5. The van der Waals surface area contributed by atoms with Gasteiger partial charge >= 0.3 is 6.36 Å². The molecule has 2 aromatic rings. The van der Waals surface area contributed by atoms with Gasteiger partial charge in [0.05, 0.1) is 0 Å². The minimum absolute atomic E-state index is 0.0935. The van der Waals surface area contributed by atoms with E-state index in [1.165, 1.54) is 6.07 Å². The highest BCUT2D eigenvalue weighted by Crippen LogP contribution is 2.37. The van der Waals surface area contributed by atoms with Crippen LogP contribution in [0.5, 0.6) is 5.75 Å². The number of ether oxygens (including phenoxy) is 1. The number of nitrogens with one attached hydrogen (secondary N) is 2. The normalized spacial score (nSPS) is 21.2. The van der Waals surface area contributed by atoms with Crippen molar-refractivity contribution in [2.75, 3.05) is 0 Å². The second-order valence-electron chi connectivity index (χ2n) is 7.97. The zero-order chi connectivity index (χ0) is 23.6. The van der Waals surface area contributed by atoms with Crippen LogP contribution < -0.4 is 15.4 Å². The van der Waals surface area contributed by atoms with E-state index in [0.29, 0.717) is 42.5 Å². The Morgan fingerprint density at radius 1 is 1.09 bits per heavy atom. The second-order valence-corrected chi connectivity index (χ2v) is 7.97. The fourth-order valence-corrected chi connectivity index (χ4v) is 4.24. The number of benzene rings is 2. The first kappa shape index (κ1) is 22.8. The molecule has 3 N–H and O–H groups in total. The maximum Gasteiger partial charge on any atom is 0.573 e. The molecule has 1 amide bonds. The molecule has 0 spiro atoms. The van der Waals surface area contributed by atoms with Crippen LogP contribution in [0.1, 0.15) is 30.4 Å². The van der Waals surface area contributed by atoms with E-state index in [2.05, 4.69) is 15.4 Å². The van der Waals surface area contributed by atoms with E-state index in [4.69, 9.17) is 0 Å². The average molecular weight is 462 g/mol. The third kappa shape index (κ3) is 5.54. The van der Waals surface area contributed by atoms with Crippen LogP contribution in [-0.4, -0.2) is 23.7 Å². The van der Waals surface area contributed by atoms with Gasteiger partial charge in [-0.3, -0.25) is 4.79 Å². The second kappa shape index (κ2) is 9.27. The molecule has 0 bridgehead atoms. The van der Waals surface area contributed by atoms with E-state index < -0.39 is 24.3 Å². The monoisotopic (exact) mass is 462 g/mol. The molecule has 2 aliphatic rings. The largest absolute Gasteiger partial charge is 0.573 e. The number of amides is 1. The SMILES string of the molecule is O=C1NC(O)NC(C2CC=C(c3ccc(OC(F)(F)F)cc3F)CC2)=C1Cc1ccccc1. The molecule has 5 nitrogen and oxygen atoms in total. The van der Waals surface area contributed by atoms with Crippen LogP contribution in [0.25, 0.3) is 5.57 Å². The smallest absolute Gasteiger partial charge is 0.406 e. The predicted molar refractivity (Wildman–Crippen MR) is 113 cm³/mol. The van der Waals surface area contributed by atoms with E-state index in [0.717, 1.165) is 17.7 Å². The highest BCUT2D eigenvalue weighted by molar-refractivity contribution is 5.95. The number of rotatable bonds is 5. The first-order valence-electron chi connectivity index (χ1n) is 10.5. The van der Waals surface area contributed by atoms with Gasteiger partial charge in [0.25, 0.3) is 5.91 Å². The van der Waals surface area contributed by atoms with Crippen LogP contribution in [0, 0.1) is 11.7 Å². The van der Waals surface area contributed by atoms with Crippen molar-refractivity contribution >= 4 is 11.5 Å². The Morgan fingerprint density at radius 2 is 1.85 bits per heavy atom. The Balaban J connectivity index is 1.55. The van der Waals surface area contributed by atoms with Gasteiger partial charge in [0.15, 0.2) is 0 Å². The standard InChI is InChI=1S/C24H22F4N2O3/c25-20-13-17(33-24(26,27)28)10-11-18(20)15-6-8-16(9-7-15)21-19(22(31)30-23(32)29-21)12-14-4-2-1-3-5-14/h1-6,10-11,13,16,23,29,32H,7-9,12H2,(H,30,31). The molecule has 1 aliphatic heterocycles. The lowest BCUT2D eigenvalue weighted by Gasteiger charge is -2.33. The van der Waals surface area contributed by atoms with Gasteiger partial charge in [-0.2, -0.15) is 0 Å². The van der Waals surface area contributed by atoms with E-state index in [9.17, 15) is 27.5 Å². The van der Waals surface area contributed by atoms with Crippen molar-refractivity contribution in [1.82, 2.24) is 10.6 Å². The van der Waals surface area contributed by atoms with Crippen molar-refractivity contribution in [2.45, 2.75) is 38.4 Å². The summed E-state index contributed by atoms with van der Waals surface area (Å²) in [6.07, 6.45) is -2.35. The van der Waals surface area contributed by atoms with Gasteiger partial charge in [0.1, 0.15) is 11.6 Å². The van der Waals surface area contributed by atoms with Gasteiger partial charge in [-0.15, -0.1) is 13.2 Å². The molecular weight excluding hydrogens is 440 g/mol. The van der Waals surface area contributed by atoms with Gasteiger partial charge in [0.2, 0.25) is 6.35 Å². The lowest BCUT2D eigenvalue weighted by molar-refractivity contribution is -0.274. The number of alkyl halides is 3. The molecule has 0 aromatic heterocycles. The predicted octanol–water partition coefficient (Wildman–Crippen LogP) is 4.40. The minimum Gasteiger partial charge on any atom is -0.406 e. The van der Waals surface area contributed by atoms with E-state index in [1.54, 1.807) is 0 Å². The molecule has 174 valence electrons. The maximum absolute atomic E-state index is 14.5. The zero-order valence-electron chi connectivity index (χ0n) is 17.5. The lowest BCUT2D eigenvalue weighted by atomic mass is 9.82. The molecule has 0 saturated heterocycles. The molecule has 0 radical (unpaired) electrons. The highest BCUT2D eigenvalue weighted by atomic mass is 19.4. The molecule has 0 saturated carbocycles. The minimum atomic E-state index is -4.89.